The van der Waals surface area contributed by atoms with Gasteiger partial charge in [-0.3, -0.25) is 4.98 Å². The molecule has 0 unspecified atom stereocenters. The Labute approximate surface area is 120 Å². The van der Waals surface area contributed by atoms with Crippen molar-refractivity contribution < 1.29 is 13.9 Å². The molecule has 0 bridgehead atoms. The number of nitrogens with zero attached hydrogens (tertiary/aromatic N) is 2. The van der Waals surface area contributed by atoms with E-state index in [1.807, 2.05) is 22.6 Å². The highest BCUT2D eigenvalue weighted by atomic mass is 127. The minimum absolute atomic E-state index is 0.283. The molecule has 0 aliphatic heterocycles. The van der Waals surface area contributed by atoms with Crippen LogP contribution in [0, 0.1) is 9.39 Å². The van der Waals surface area contributed by atoms with Gasteiger partial charge in [-0.15, -0.1) is 0 Å². The Balaban J connectivity index is 2.66. The van der Waals surface area contributed by atoms with E-state index >= 15 is 0 Å². The van der Waals surface area contributed by atoms with Gasteiger partial charge in [0.15, 0.2) is 5.82 Å². The molecule has 1 rings (SSSR count). The van der Waals surface area contributed by atoms with Crippen LogP contribution in [0.25, 0.3) is 0 Å². The lowest BCUT2D eigenvalue weighted by Crippen LogP contribution is -2.34. The maximum absolute atomic E-state index is 13.0. The Morgan fingerprint density at radius 2 is 2.17 bits per heavy atom. The van der Waals surface area contributed by atoms with Crippen LogP contribution in [0.2, 0.25) is 0 Å². The zero-order chi connectivity index (χ0) is 13.9. The van der Waals surface area contributed by atoms with Crippen molar-refractivity contribution in [3.8, 4) is 0 Å². The van der Waals surface area contributed by atoms with Gasteiger partial charge >= 0.3 is 6.09 Å². The molecular weight excluding hydrogens is 350 g/mol. The Kier molecular flexibility index (Phi) is 4.89. The van der Waals surface area contributed by atoms with Crippen molar-refractivity contribution in [2.24, 2.45) is 0 Å². The number of carbonyl (C=O) groups is 1. The largest absolute Gasteiger partial charge is 0.444 e. The molecule has 4 nitrogen and oxygen atoms in total. The van der Waals surface area contributed by atoms with Crippen molar-refractivity contribution in [3.63, 3.8) is 0 Å². The van der Waals surface area contributed by atoms with E-state index in [4.69, 9.17) is 4.74 Å². The summed E-state index contributed by atoms with van der Waals surface area (Å²) >= 11 is 1.89. The fourth-order valence-electron chi connectivity index (χ4n) is 1.19. The molecule has 0 N–H and O–H groups in total. The number of halogens is 2. The summed E-state index contributed by atoms with van der Waals surface area (Å²) in [5, 5.41) is 0. The first-order valence-electron chi connectivity index (χ1n) is 5.43. The maximum Gasteiger partial charge on any atom is 0.410 e. The molecule has 100 valence electrons. The van der Waals surface area contributed by atoms with Crippen LogP contribution in [-0.2, 0) is 11.3 Å². The molecule has 0 aromatic carbocycles. The summed E-state index contributed by atoms with van der Waals surface area (Å²) in [6.45, 7) is 5.69. The van der Waals surface area contributed by atoms with Crippen molar-refractivity contribution in [1.82, 2.24) is 9.88 Å². The number of hydrogen-bond acceptors (Lipinski definition) is 3. The third-order valence-electron chi connectivity index (χ3n) is 1.97. The predicted octanol–water partition coefficient (Wildman–Crippen LogP) is 3.19. The lowest BCUT2D eigenvalue weighted by atomic mass is 10.2. The first-order valence-corrected chi connectivity index (χ1v) is 6.51. The molecule has 0 saturated carbocycles. The smallest absolute Gasteiger partial charge is 0.410 e. The molecule has 0 aliphatic rings. The van der Waals surface area contributed by atoms with Crippen LogP contribution >= 0.6 is 22.6 Å². The minimum Gasteiger partial charge on any atom is -0.444 e. The van der Waals surface area contributed by atoms with Crippen molar-refractivity contribution >= 4 is 28.7 Å². The summed E-state index contributed by atoms with van der Waals surface area (Å²) in [5.74, 6) is -0.362. The monoisotopic (exact) mass is 366 g/mol. The van der Waals surface area contributed by atoms with E-state index in [1.54, 1.807) is 33.9 Å². The average Bonchev–Trinajstić information content (AvgIpc) is 2.21. The molecular formula is C12H16FIN2O2. The van der Waals surface area contributed by atoms with Crippen LogP contribution in [0.3, 0.4) is 0 Å². The summed E-state index contributed by atoms with van der Waals surface area (Å²) in [5.41, 5.74) is 0.0878. The van der Waals surface area contributed by atoms with Gasteiger partial charge < -0.3 is 9.64 Å². The number of amides is 1. The van der Waals surface area contributed by atoms with Gasteiger partial charge in [0.05, 0.1) is 22.0 Å². The van der Waals surface area contributed by atoms with Crippen LogP contribution < -0.4 is 0 Å². The van der Waals surface area contributed by atoms with Gasteiger partial charge in [-0.1, -0.05) is 0 Å². The minimum atomic E-state index is -0.532. The van der Waals surface area contributed by atoms with Crippen LogP contribution in [0.4, 0.5) is 9.18 Å². The quantitative estimate of drug-likeness (QED) is 0.755. The second kappa shape index (κ2) is 5.81. The van der Waals surface area contributed by atoms with Crippen LogP contribution in [0.5, 0.6) is 0 Å². The second-order valence-electron chi connectivity index (χ2n) is 4.93. The van der Waals surface area contributed by atoms with Gasteiger partial charge in [0.2, 0.25) is 0 Å². The highest BCUT2D eigenvalue weighted by Crippen LogP contribution is 2.13. The summed E-state index contributed by atoms with van der Waals surface area (Å²) in [6.07, 6.45) is 0.726. The zero-order valence-corrected chi connectivity index (χ0v) is 13.0. The molecule has 18 heavy (non-hydrogen) atoms. The number of ether oxygens (including phenoxy) is 1. The maximum atomic E-state index is 13.0. The molecule has 1 aromatic heterocycles. The molecule has 1 aromatic rings. The lowest BCUT2D eigenvalue weighted by Gasteiger charge is -2.24. The normalized spacial score (nSPS) is 11.2. The first kappa shape index (κ1) is 15.1. The highest BCUT2D eigenvalue weighted by molar-refractivity contribution is 14.1. The summed E-state index contributed by atoms with van der Waals surface area (Å²) in [4.78, 5) is 17.0. The van der Waals surface area contributed by atoms with Crippen molar-refractivity contribution in [3.05, 3.63) is 27.3 Å². The van der Waals surface area contributed by atoms with E-state index < -0.39 is 11.7 Å². The number of carbonyl (C=O) groups excluding carboxylic acids is 1. The topological polar surface area (TPSA) is 42.4 Å². The molecule has 0 saturated heterocycles. The summed E-state index contributed by atoms with van der Waals surface area (Å²) in [6, 6.07) is 1.61. The van der Waals surface area contributed by atoms with E-state index in [0.29, 0.717) is 9.26 Å². The Bertz CT molecular complexity index is 446. The predicted molar refractivity (Wildman–Crippen MR) is 74.6 cm³/mol. The molecule has 0 fully saturated rings. The fourth-order valence-corrected chi connectivity index (χ4v) is 1.69. The average molecular weight is 366 g/mol. The number of hydrogen-bond donors (Lipinski definition) is 0. The molecule has 6 heteroatoms. The Morgan fingerprint density at radius 1 is 1.56 bits per heavy atom. The Morgan fingerprint density at radius 3 is 2.67 bits per heavy atom. The SMILES string of the molecule is CN(Cc1cc(I)c(F)cn1)C(=O)OC(C)(C)C. The van der Waals surface area contributed by atoms with Gasteiger partial charge in [0.25, 0.3) is 0 Å². The number of pyridine rings is 1. The third-order valence-corrected chi connectivity index (χ3v) is 2.80. The molecule has 1 heterocycles. The summed E-state index contributed by atoms with van der Waals surface area (Å²) < 4.78 is 18.7. The number of rotatable bonds is 2. The lowest BCUT2D eigenvalue weighted by molar-refractivity contribution is 0.0283. The van der Waals surface area contributed by atoms with Gasteiger partial charge in [-0.2, -0.15) is 0 Å². The van der Waals surface area contributed by atoms with Gasteiger partial charge in [0.1, 0.15) is 5.60 Å². The van der Waals surface area contributed by atoms with Crippen molar-refractivity contribution in [2.75, 3.05) is 7.05 Å². The van der Waals surface area contributed by atoms with Crippen molar-refractivity contribution in [2.45, 2.75) is 32.9 Å². The van der Waals surface area contributed by atoms with E-state index in [1.165, 1.54) is 4.90 Å². The second-order valence-corrected chi connectivity index (χ2v) is 6.09. The molecule has 0 aliphatic carbocycles. The zero-order valence-electron chi connectivity index (χ0n) is 10.8. The van der Waals surface area contributed by atoms with E-state index in [2.05, 4.69) is 4.98 Å². The van der Waals surface area contributed by atoms with Crippen LogP contribution in [0.15, 0.2) is 12.3 Å². The van der Waals surface area contributed by atoms with Crippen LogP contribution in [-0.4, -0.2) is 28.6 Å². The Hall–Kier alpha value is -0.920. The van der Waals surface area contributed by atoms with E-state index in [-0.39, 0.29) is 12.4 Å². The molecule has 0 radical (unpaired) electrons. The highest BCUT2D eigenvalue weighted by Gasteiger charge is 2.20. The molecule has 0 spiro atoms. The van der Waals surface area contributed by atoms with E-state index in [0.717, 1.165) is 6.20 Å². The summed E-state index contributed by atoms with van der Waals surface area (Å²) in [7, 11) is 1.62. The molecule has 1 amide bonds. The number of aromatic nitrogens is 1. The van der Waals surface area contributed by atoms with Gasteiger partial charge in [-0.05, 0) is 49.4 Å². The van der Waals surface area contributed by atoms with Crippen LogP contribution in [0.1, 0.15) is 26.5 Å². The fraction of sp³-hybridized carbons (Fsp3) is 0.500. The first-order chi connectivity index (χ1) is 8.19. The van der Waals surface area contributed by atoms with Gasteiger partial charge in [-0.25, -0.2) is 9.18 Å². The van der Waals surface area contributed by atoms with E-state index in [9.17, 15) is 9.18 Å². The standard InChI is InChI=1S/C12H16FIN2O2/c1-12(2,3)18-11(17)16(4)7-8-5-10(14)9(13)6-15-8/h5-6H,7H2,1-4H3. The molecule has 0 atom stereocenters. The third kappa shape index (κ3) is 4.75. The van der Waals surface area contributed by atoms with Gasteiger partial charge in [0, 0.05) is 7.05 Å². The van der Waals surface area contributed by atoms with Crippen molar-refractivity contribution in [1.29, 1.82) is 0 Å².